The molecule has 0 radical (unpaired) electrons. The van der Waals surface area contributed by atoms with Crippen molar-refractivity contribution in [3.63, 3.8) is 0 Å². The van der Waals surface area contributed by atoms with Crippen molar-refractivity contribution in [1.29, 1.82) is 0 Å². The zero-order valence-electron chi connectivity index (χ0n) is 11.6. The fourth-order valence-electron chi connectivity index (χ4n) is 3.12. The molecule has 0 unspecified atom stereocenters. The first-order chi connectivity index (χ1) is 8.87. The van der Waals surface area contributed by atoms with E-state index in [1.165, 1.54) is 0 Å². The number of fused-ring (bicyclic) bond motifs is 2. The third-order valence-corrected chi connectivity index (χ3v) is 4.71. The first kappa shape index (κ1) is 14.7. The lowest BCUT2D eigenvalue weighted by Gasteiger charge is -2.28. The van der Waals surface area contributed by atoms with Gasteiger partial charge in [-0.2, -0.15) is 0 Å². The van der Waals surface area contributed by atoms with E-state index in [0.29, 0.717) is 12.1 Å². The summed E-state index contributed by atoms with van der Waals surface area (Å²) < 4.78 is 24.4. The Morgan fingerprint density at radius 3 is 2.63 bits per heavy atom. The molecule has 2 bridgehead atoms. The Bertz CT molecular complexity index is 438. The molecular weight excluding hydrogens is 266 g/mol. The predicted molar refractivity (Wildman–Crippen MR) is 73.2 cm³/mol. The first-order valence-corrected chi connectivity index (χ1v) is 8.70. The molecule has 6 nitrogen and oxygen atoms in total. The van der Waals surface area contributed by atoms with Gasteiger partial charge in [0.2, 0.25) is 15.9 Å². The summed E-state index contributed by atoms with van der Waals surface area (Å²) >= 11 is 0. The van der Waals surface area contributed by atoms with Gasteiger partial charge in [-0.15, -0.1) is 0 Å². The SMILES string of the molecule is CN1CC[C@H]2CC[C@@H](C1)N2C(=O)CCNS(C)(=O)=O. The molecule has 0 saturated carbocycles. The summed E-state index contributed by atoms with van der Waals surface area (Å²) in [6.07, 6.45) is 4.55. The van der Waals surface area contributed by atoms with Gasteiger partial charge < -0.3 is 9.80 Å². The average Bonchev–Trinajstić information content (AvgIpc) is 2.58. The van der Waals surface area contributed by atoms with Crippen LogP contribution in [0, 0.1) is 0 Å². The lowest BCUT2D eigenvalue weighted by molar-refractivity contribution is -0.133. The molecule has 0 aliphatic carbocycles. The first-order valence-electron chi connectivity index (χ1n) is 6.81. The van der Waals surface area contributed by atoms with Crippen molar-refractivity contribution in [3.8, 4) is 0 Å². The van der Waals surface area contributed by atoms with Gasteiger partial charge in [0, 0.05) is 31.6 Å². The number of nitrogens with one attached hydrogen (secondary N) is 1. The third-order valence-electron chi connectivity index (χ3n) is 3.98. The highest BCUT2D eigenvalue weighted by atomic mass is 32.2. The number of hydrogen-bond acceptors (Lipinski definition) is 4. The predicted octanol–water partition coefficient (Wildman–Crippen LogP) is -0.379. The molecule has 0 spiro atoms. The van der Waals surface area contributed by atoms with E-state index in [1.807, 2.05) is 4.90 Å². The van der Waals surface area contributed by atoms with E-state index in [-0.39, 0.29) is 18.9 Å². The van der Waals surface area contributed by atoms with Gasteiger partial charge in [0.25, 0.3) is 0 Å². The van der Waals surface area contributed by atoms with E-state index in [0.717, 1.165) is 38.6 Å². The number of sulfonamides is 1. The lowest BCUT2D eigenvalue weighted by atomic mass is 10.1. The van der Waals surface area contributed by atoms with Gasteiger partial charge >= 0.3 is 0 Å². The van der Waals surface area contributed by atoms with E-state index in [4.69, 9.17) is 0 Å². The maximum Gasteiger partial charge on any atom is 0.224 e. The molecule has 2 aliphatic heterocycles. The fourth-order valence-corrected chi connectivity index (χ4v) is 3.60. The van der Waals surface area contributed by atoms with Crippen LogP contribution < -0.4 is 4.72 Å². The summed E-state index contributed by atoms with van der Waals surface area (Å²) in [4.78, 5) is 16.6. The molecule has 2 atom stereocenters. The summed E-state index contributed by atoms with van der Waals surface area (Å²) in [6, 6.07) is 0.656. The summed E-state index contributed by atoms with van der Waals surface area (Å²) in [7, 11) is -1.12. The lowest BCUT2D eigenvalue weighted by Crippen LogP contribution is -2.43. The Balaban J connectivity index is 1.91. The highest BCUT2D eigenvalue weighted by molar-refractivity contribution is 7.88. The Morgan fingerprint density at radius 1 is 1.26 bits per heavy atom. The van der Waals surface area contributed by atoms with Crippen molar-refractivity contribution < 1.29 is 13.2 Å². The van der Waals surface area contributed by atoms with E-state index < -0.39 is 10.0 Å². The zero-order valence-corrected chi connectivity index (χ0v) is 12.4. The molecule has 2 fully saturated rings. The number of carbonyl (C=O) groups is 1. The molecule has 110 valence electrons. The quantitative estimate of drug-likeness (QED) is 0.766. The molecule has 2 aliphatic rings. The molecule has 0 aromatic rings. The van der Waals surface area contributed by atoms with Gasteiger partial charge in [-0.3, -0.25) is 4.79 Å². The number of hydrogen-bond donors (Lipinski definition) is 1. The maximum absolute atomic E-state index is 12.3. The van der Waals surface area contributed by atoms with Gasteiger partial charge in [0.15, 0.2) is 0 Å². The van der Waals surface area contributed by atoms with Crippen LogP contribution in [0.4, 0.5) is 0 Å². The van der Waals surface area contributed by atoms with Crippen LogP contribution in [0.15, 0.2) is 0 Å². The van der Waals surface area contributed by atoms with Crippen molar-refractivity contribution in [2.24, 2.45) is 0 Å². The molecule has 7 heteroatoms. The van der Waals surface area contributed by atoms with Crippen LogP contribution in [0.25, 0.3) is 0 Å². The van der Waals surface area contributed by atoms with Crippen molar-refractivity contribution >= 4 is 15.9 Å². The molecule has 1 N–H and O–H groups in total. The van der Waals surface area contributed by atoms with Crippen LogP contribution in [0.2, 0.25) is 0 Å². The number of likely N-dealkylation sites (tertiary alicyclic amines) is 1. The second-order valence-electron chi connectivity index (χ2n) is 5.65. The second-order valence-corrected chi connectivity index (χ2v) is 7.49. The van der Waals surface area contributed by atoms with Crippen molar-refractivity contribution in [3.05, 3.63) is 0 Å². The number of amides is 1. The highest BCUT2D eigenvalue weighted by Crippen LogP contribution is 2.30. The molecule has 19 heavy (non-hydrogen) atoms. The normalized spacial score (nSPS) is 28.4. The zero-order chi connectivity index (χ0) is 14.0. The fraction of sp³-hybridized carbons (Fsp3) is 0.917. The molecule has 2 rings (SSSR count). The molecular formula is C12H23N3O3S. The van der Waals surface area contributed by atoms with Gasteiger partial charge in [0.1, 0.15) is 0 Å². The number of likely N-dealkylation sites (N-methyl/N-ethyl adjacent to an activating group) is 1. The minimum atomic E-state index is -3.21. The monoisotopic (exact) mass is 289 g/mol. The topological polar surface area (TPSA) is 69.7 Å². The van der Waals surface area contributed by atoms with Crippen molar-refractivity contribution in [2.45, 2.75) is 37.8 Å². The van der Waals surface area contributed by atoms with Crippen LogP contribution in [-0.2, 0) is 14.8 Å². The molecule has 2 saturated heterocycles. The van der Waals surface area contributed by atoms with Crippen molar-refractivity contribution in [2.75, 3.05) is 32.9 Å². The Hall–Kier alpha value is -0.660. The Morgan fingerprint density at radius 2 is 1.95 bits per heavy atom. The summed E-state index contributed by atoms with van der Waals surface area (Å²) in [5.41, 5.74) is 0. The van der Waals surface area contributed by atoms with E-state index in [9.17, 15) is 13.2 Å². The average molecular weight is 289 g/mol. The van der Waals surface area contributed by atoms with Crippen LogP contribution in [0.3, 0.4) is 0 Å². The van der Waals surface area contributed by atoms with E-state index in [1.54, 1.807) is 0 Å². The summed E-state index contributed by atoms with van der Waals surface area (Å²) in [6.45, 7) is 2.16. The Kier molecular flexibility index (Phi) is 4.47. The second kappa shape index (κ2) is 5.76. The van der Waals surface area contributed by atoms with Gasteiger partial charge in [0.05, 0.1) is 6.26 Å². The largest absolute Gasteiger partial charge is 0.335 e. The van der Waals surface area contributed by atoms with Gasteiger partial charge in [-0.1, -0.05) is 0 Å². The highest BCUT2D eigenvalue weighted by Gasteiger charge is 2.38. The summed E-state index contributed by atoms with van der Waals surface area (Å²) in [5, 5.41) is 0. The van der Waals surface area contributed by atoms with Crippen LogP contribution in [0.1, 0.15) is 25.7 Å². The molecule has 2 heterocycles. The van der Waals surface area contributed by atoms with Gasteiger partial charge in [-0.05, 0) is 32.9 Å². The number of nitrogens with zero attached hydrogens (tertiary/aromatic N) is 2. The van der Waals surface area contributed by atoms with E-state index >= 15 is 0 Å². The van der Waals surface area contributed by atoms with Gasteiger partial charge in [-0.25, -0.2) is 13.1 Å². The molecule has 1 amide bonds. The standard InChI is InChI=1S/C12H23N3O3S/c1-14-8-6-10-3-4-11(9-14)15(10)12(16)5-7-13-19(2,17)18/h10-11,13H,3-9H2,1-2H3/t10-,11+/m1/s1. The molecule has 0 aromatic heterocycles. The molecule has 0 aromatic carbocycles. The smallest absolute Gasteiger partial charge is 0.224 e. The van der Waals surface area contributed by atoms with Crippen molar-refractivity contribution in [1.82, 2.24) is 14.5 Å². The third kappa shape index (κ3) is 3.90. The number of rotatable bonds is 4. The van der Waals surface area contributed by atoms with Crippen LogP contribution >= 0.6 is 0 Å². The minimum Gasteiger partial charge on any atom is -0.335 e. The van der Waals surface area contributed by atoms with Crippen LogP contribution in [-0.4, -0.2) is 69.1 Å². The maximum atomic E-state index is 12.3. The van der Waals surface area contributed by atoms with Crippen LogP contribution in [0.5, 0.6) is 0 Å². The Labute approximate surface area is 115 Å². The minimum absolute atomic E-state index is 0.0824. The van der Waals surface area contributed by atoms with E-state index in [2.05, 4.69) is 16.7 Å². The summed E-state index contributed by atoms with van der Waals surface area (Å²) in [5.74, 6) is 0.0824. The number of carbonyl (C=O) groups excluding carboxylic acids is 1.